The highest BCUT2D eigenvalue weighted by Crippen LogP contribution is 1.87. The van der Waals surface area contributed by atoms with Gasteiger partial charge in [0.1, 0.15) is 0 Å². The topological polar surface area (TPSA) is 127 Å². The number of aliphatic hydroxyl groups is 2. The number of carbonyl (C=O) groups excluding carboxylic acids is 1. The summed E-state index contributed by atoms with van der Waals surface area (Å²) in [5.74, 6) is -1.73. The summed E-state index contributed by atoms with van der Waals surface area (Å²) >= 11 is 0. The van der Waals surface area contributed by atoms with Crippen molar-refractivity contribution in [1.29, 1.82) is 0 Å². The van der Waals surface area contributed by atoms with E-state index in [9.17, 15) is 13.2 Å². The first-order chi connectivity index (χ1) is 4.33. The van der Waals surface area contributed by atoms with Gasteiger partial charge in [-0.15, -0.1) is 0 Å². The monoisotopic (exact) mass is 171 g/mol. The zero-order valence-electron chi connectivity index (χ0n) is 4.59. The second-order valence-electron chi connectivity index (χ2n) is 1.27. The number of carbonyl (C=O) groups is 1. The lowest BCUT2D eigenvalue weighted by Crippen LogP contribution is -2.28. The molecular weight excluding hydrogens is 166 g/mol. The minimum atomic E-state index is -4.44. The van der Waals surface area contributed by atoms with Crippen LogP contribution in [0.2, 0.25) is 0 Å². The van der Waals surface area contributed by atoms with E-state index in [1.807, 2.05) is 0 Å². The number of rotatable bonds is 2. The molecule has 7 nitrogen and oxygen atoms in total. The average Bonchev–Trinajstić information content (AvgIpc) is 1.60. The zero-order valence-corrected chi connectivity index (χ0v) is 5.41. The van der Waals surface area contributed by atoms with Crippen LogP contribution in [0, 0.1) is 0 Å². The highest BCUT2D eigenvalue weighted by Gasteiger charge is 2.18. The van der Waals surface area contributed by atoms with Crippen LogP contribution in [0.25, 0.3) is 0 Å². The molecule has 0 aliphatic heterocycles. The predicted molar refractivity (Wildman–Crippen MR) is 27.4 cm³/mol. The maximum absolute atomic E-state index is 9.98. The Kier molecular flexibility index (Phi) is 2.72. The van der Waals surface area contributed by atoms with Crippen LogP contribution in [0.3, 0.4) is 0 Å². The van der Waals surface area contributed by atoms with Crippen molar-refractivity contribution in [2.24, 2.45) is 5.14 Å². The molecule has 0 aliphatic rings. The smallest absolute Gasteiger partial charge is 0.359 e. The Morgan fingerprint density at radius 2 is 1.90 bits per heavy atom. The molecule has 8 heteroatoms. The van der Waals surface area contributed by atoms with Gasteiger partial charge in [0.2, 0.25) is 0 Å². The van der Waals surface area contributed by atoms with Crippen LogP contribution in [0.15, 0.2) is 0 Å². The van der Waals surface area contributed by atoms with Gasteiger partial charge in [0.05, 0.1) is 0 Å². The van der Waals surface area contributed by atoms with E-state index in [2.05, 4.69) is 9.32 Å². The second kappa shape index (κ2) is 2.92. The molecule has 0 saturated heterocycles. The first-order valence-electron chi connectivity index (χ1n) is 1.95. The molecular formula is C2H5NO6S. The molecule has 0 aromatic rings. The van der Waals surface area contributed by atoms with Crippen molar-refractivity contribution in [3.8, 4) is 0 Å². The Morgan fingerprint density at radius 3 is 2.00 bits per heavy atom. The fourth-order valence-corrected chi connectivity index (χ4v) is 0.473. The third-order valence-electron chi connectivity index (χ3n) is 0.409. The van der Waals surface area contributed by atoms with Crippen molar-refractivity contribution in [3.63, 3.8) is 0 Å². The minimum Gasteiger partial charge on any atom is -0.359 e. The van der Waals surface area contributed by atoms with E-state index < -0.39 is 22.6 Å². The molecule has 0 atom stereocenters. The molecule has 0 amide bonds. The fourth-order valence-electron chi connectivity index (χ4n) is 0.158. The van der Waals surface area contributed by atoms with Crippen molar-refractivity contribution in [2.45, 2.75) is 6.29 Å². The number of aliphatic hydroxyl groups excluding tert-OH is 1. The zero-order chi connectivity index (χ0) is 8.36. The molecule has 0 fully saturated rings. The van der Waals surface area contributed by atoms with Crippen LogP contribution in [0.4, 0.5) is 0 Å². The third-order valence-corrected chi connectivity index (χ3v) is 0.806. The molecule has 4 N–H and O–H groups in total. The van der Waals surface area contributed by atoms with E-state index in [0.29, 0.717) is 0 Å². The SMILES string of the molecule is NS(=O)(=O)OC(=O)C(O)O. The highest BCUT2D eigenvalue weighted by atomic mass is 32.2. The summed E-state index contributed by atoms with van der Waals surface area (Å²) in [5, 5.41) is 20.1. The lowest BCUT2D eigenvalue weighted by molar-refractivity contribution is -0.162. The normalized spacial score (nSPS) is 11.6. The molecule has 0 rings (SSSR count). The molecule has 10 heavy (non-hydrogen) atoms. The van der Waals surface area contributed by atoms with Crippen molar-refractivity contribution in [1.82, 2.24) is 0 Å². The van der Waals surface area contributed by atoms with E-state index in [1.54, 1.807) is 0 Å². The number of hydrogen-bond acceptors (Lipinski definition) is 6. The molecule has 0 aromatic heterocycles. The fraction of sp³-hybridized carbons (Fsp3) is 0.500. The van der Waals surface area contributed by atoms with E-state index in [0.717, 1.165) is 0 Å². The van der Waals surface area contributed by atoms with Gasteiger partial charge in [0.25, 0.3) is 6.29 Å². The summed E-state index contributed by atoms with van der Waals surface area (Å²) in [6.45, 7) is 0. The maximum atomic E-state index is 9.98. The Labute approximate surface area is 56.3 Å². The first-order valence-corrected chi connectivity index (χ1v) is 3.42. The van der Waals surface area contributed by atoms with Crippen molar-refractivity contribution >= 4 is 16.3 Å². The Bertz CT molecular complexity index is 216. The Balaban J connectivity index is 4.07. The number of nitrogens with two attached hydrogens (primary N) is 1. The minimum absolute atomic E-state index is 1.73. The van der Waals surface area contributed by atoms with Crippen LogP contribution in [0.5, 0.6) is 0 Å². The molecule has 0 aliphatic carbocycles. The van der Waals surface area contributed by atoms with Gasteiger partial charge in [-0.05, 0) is 0 Å². The second-order valence-corrected chi connectivity index (χ2v) is 2.42. The lowest BCUT2D eigenvalue weighted by Gasteiger charge is -2.00. The van der Waals surface area contributed by atoms with Crippen LogP contribution in [0.1, 0.15) is 0 Å². The van der Waals surface area contributed by atoms with E-state index in [-0.39, 0.29) is 0 Å². The van der Waals surface area contributed by atoms with Crippen molar-refractivity contribution in [3.05, 3.63) is 0 Å². The molecule has 0 radical (unpaired) electrons. The first kappa shape index (κ1) is 9.30. The molecule has 0 bridgehead atoms. The average molecular weight is 171 g/mol. The van der Waals surface area contributed by atoms with Crippen LogP contribution >= 0.6 is 0 Å². The molecule has 0 aromatic carbocycles. The summed E-state index contributed by atoms with van der Waals surface area (Å²) in [4.78, 5) is 9.98. The number of hydrogen-bond donors (Lipinski definition) is 3. The maximum Gasteiger partial charge on any atom is 0.382 e. The van der Waals surface area contributed by atoms with E-state index in [1.165, 1.54) is 0 Å². The van der Waals surface area contributed by atoms with Crippen LogP contribution in [-0.4, -0.2) is 30.9 Å². The van der Waals surface area contributed by atoms with Gasteiger partial charge in [0, 0.05) is 0 Å². The summed E-state index contributed by atoms with van der Waals surface area (Å²) in [7, 11) is -4.44. The standard InChI is InChI=1S/C2H5NO6S/c3-10(7,8)9-2(6)1(4)5/h1,4-5H,(H2,3,7,8). The van der Waals surface area contributed by atoms with E-state index >= 15 is 0 Å². The summed E-state index contributed by atoms with van der Waals surface area (Å²) in [6, 6.07) is 0. The summed E-state index contributed by atoms with van der Waals surface area (Å²) in [6.07, 6.45) is -2.49. The van der Waals surface area contributed by atoms with E-state index in [4.69, 9.17) is 10.2 Å². The molecule has 0 spiro atoms. The van der Waals surface area contributed by atoms with Crippen LogP contribution < -0.4 is 5.14 Å². The quantitative estimate of drug-likeness (QED) is 0.381. The summed E-state index contributed by atoms with van der Waals surface area (Å²) in [5.41, 5.74) is 0. The summed E-state index contributed by atoms with van der Waals surface area (Å²) < 4.78 is 23.0. The lowest BCUT2D eigenvalue weighted by atomic mass is 10.7. The van der Waals surface area contributed by atoms with Gasteiger partial charge >= 0.3 is 16.3 Å². The highest BCUT2D eigenvalue weighted by molar-refractivity contribution is 7.84. The largest absolute Gasteiger partial charge is 0.382 e. The molecule has 0 saturated carbocycles. The van der Waals surface area contributed by atoms with Gasteiger partial charge in [-0.25, -0.2) is 4.79 Å². The van der Waals surface area contributed by atoms with Crippen LogP contribution in [-0.2, 0) is 19.3 Å². The molecule has 0 unspecified atom stereocenters. The Hall–Kier alpha value is -0.700. The van der Waals surface area contributed by atoms with Gasteiger partial charge in [-0.2, -0.15) is 13.6 Å². The predicted octanol–water partition coefficient (Wildman–Crippen LogP) is -2.96. The Morgan fingerprint density at radius 1 is 1.50 bits per heavy atom. The van der Waals surface area contributed by atoms with Gasteiger partial charge in [0.15, 0.2) is 0 Å². The van der Waals surface area contributed by atoms with Gasteiger partial charge < -0.3 is 14.4 Å². The molecule has 0 heterocycles. The molecule has 60 valence electrons. The third kappa shape index (κ3) is 4.21. The van der Waals surface area contributed by atoms with Gasteiger partial charge in [-0.1, -0.05) is 0 Å². The van der Waals surface area contributed by atoms with Gasteiger partial charge in [-0.3, -0.25) is 0 Å². The van der Waals surface area contributed by atoms with Crippen molar-refractivity contribution in [2.75, 3.05) is 0 Å². The van der Waals surface area contributed by atoms with Crippen molar-refractivity contribution < 1.29 is 27.6 Å².